The van der Waals surface area contributed by atoms with Crippen molar-refractivity contribution in [1.29, 1.82) is 0 Å². The fraction of sp³-hybridized carbons (Fsp3) is 0. The molecule has 4 rings (SSSR count). The van der Waals surface area contributed by atoms with Crippen molar-refractivity contribution in [3.05, 3.63) is 88.6 Å². The van der Waals surface area contributed by atoms with Crippen molar-refractivity contribution in [2.45, 2.75) is 0 Å². The summed E-state index contributed by atoms with van der Waals surface area (Å²) in [4.78, 5) is 12.1. The van der Waals surface area contributed by atoms with Gasteiger partial charge in [-0.1, -0.05) is 41.9 Å². The fourth-order valence-electron chi connectivity index (χ4n) is 2.63. The summed E-state index contributed by atoms with van der Waals surface area (Å²) >= 11 is 5.91. The molecule has 0 unspecified atom stereocenters. The van der Waals surface area contributed by atoms with E-state index in [4.69, 9.17) is 16.0 Å². The lowest BCUT2D eigenvalue weighted by atomic mass is 10.0. The van der Waals surface area contributed by atoms with Gasteiger partial charge < -0.3 is 4.42 Å². The highest BCUT2D eigenvalue weighted by Gasteiger charge is 2.24. The summed E-state index contributed by atoms with van der Waals surface area (Å²) in [5.41, 5.74) is 5.38. The third kappa shape index (κ3) is 3.12. The van der Waals surface area contributed by atoms with Gasteiger partial charge in [0.25, 0.3) is 5.91 Å². The average molecular weight is 349 g/mol. The van der Waals surface area contributed by atoms with Crippen molar-refractivity contribution in [1.82, 2.24) is 5.43 Å². The van der Waals surface area contributed by atoms with Gasteiger partial charge in [0.1, 0.15) is 17.2 Å². The lowest BCUT2D eigenvalue weighted by molar-refractivity contribution is -0.116. The Morgan fingerprint density at radius 3 is 2.44 bits per heavy atom. The normalized spacial score (nSPS) is 15.3. The number of furan rings is 1. The van der Waals surface area contributed by atoms with E-state index < -0.39 is 0 Å². The molecular formula is C20H13ClN2O2. The molecule has 4 nitrogen and oxygen atoms in total. The summed E-state index contributed by atoms with van der Waals surface area (Å²) in [6.45, 7) is 0. The van der Waals surface area contributed by atoms with Crippen LogP contribution in [0.3, 0.4) is 0 Å². The summed E-state index contributed by atoms with van der Waals surface area (Å²) in [6.07, 6.45) is 1.70. The highest BCUT2D eigenvalue weighted by atomic mass is 35.5. The van der Waals surface area contributed by atoms with Crippen molar-refractivity contribution in [2.75, 3.05) is 0 Å². The van der Waals surface area contributed by atoms with Crippen LogP contribution < -0.4 is 5.43 Å². The Balaban J connectivity index is 1.67. The van der Waals surface area contributed by atoms with Crippen LogP contribution in [-0.2, 0) is 4.79 Å². The zero-order valence-corrected chi connectivity index (χ0v) is 13.8. The fourth-order valence-corrected chi connectivity index (χ4v) is 2.75. The van der Waals surface area contributed by atoms with Crippen molar-refractivity contribution in [3.63, 3.8) is 0 Å². The van der Waals surface area contributed by atoms with Crippen LogP contribution in [0.4, 0.5) is 0 Å². The van der Waals surface area contributed by atoms with E-state index in [2.05, 4.69) is 10.5 Å². The molecule has 25 heavy (non-hydrogen) atoms. The van der Waals surface area contributed by atoms with E-state index in [1.54, 1.807) is 6.08 Å². The standard InChI is InChI=1S/C20H13ClN2O2/c21-15-8-6-13(7-9-15)18-11-10-16(25-18)12-17-19(22-23-20(17)24)14-4-2-1-3-5-14/h1-12H,(H,23,24). The molecule has 1 aliphatic rings. The summed E-state index contributed by atoms with van der Waals surface area (Å²) < 4.78 is 5.85. The van der Waals surface area contributed by atoms with Crippen LogP contribution in [-0.4, -0.2) is 11.6 Å². The highest BCUT2D eigenvalue weighted by molar-refractivity contribution is 6.33. The minimum absolute atomic E-state index is 0.247. The summed E-state index contributed by atoms with van der Waals surface area (Å²) in [5.74, 6) is 1.05. The minimum atomic E-state index is -0.247. The first kappa shape index (κ1) is 15.4. The van der Waals surface area contributed by atoms with Gasteiger partial charge in [0.15, 0.2) is 0 Å². The topological polar surface area (TPSA) is 54.6 Å². The Morgan fingerprint density at radius 2 is 1.68 bits per heavy atom. The number of halogens is 1. The van der Waals surface area contributed by atoms with Crippen molar-refractivity contribution >= 4 is 29.3 Å². The predicted molar refractivity (Wildman–Crippen MR) is 98.3 cm³/mol. The summed E-state index contributed by atoms with van der Waals surface area (Å²) in [6, 6.07) is 20.6. The molecule has 1 aromatic heterocycles. The number of carbonyl (C=O) groups is 1. The Bertz CT molecular complexity index is 986. The second-order valence-electron chi connectivity index (χ2n) is 5.53. The van der Waals surface area contributed by atoms with Gasteiger partial charge in [-0.05, 0) is 42.5 Å². The Hall–Kier alpha value is -3.11. The molecule has 122 valence electrons. The molecule has 0 spiro atoms. The maximum atomic E-state index is 12.1. The number of hydrogen-bond donors (Lipinski definition) is 1. The summed E-state index contributed by atoms with van der Waals surface area (Å²) in [7, 11) is 0. The first-order chi connectivity index (χ1) is 12.2. The van der Waals surface area contributed by atoms with Gasteiger partial charge in [-0.25, -0.2) is 5.43 Å². The van der Waals surface area contributed by atoms with E-state index in [1.807, 2.05) is 66.7 Å². The zero-order chi connectivity index (χ0) is 17.2. The maximum absolute atomic E-state index is 12.1. The number of nitrogens with one attached hydrogen (secondary N) is 1. The second kappa shape index (κ2) is 6.42. The molecule has 0 bridgehead atoms. The SMILES string of the molecule is O=C1NN=C(c2ccccc2)C1=Cc1ccc(-c2ccc(Cl)cc2)o1. The van der Waals surface area contributed by atoms with E-state index in [0.717, 1.165) is 11.1 Å². The second-order valence-corrected chi connectivity index (χ2v) is 5.97. The van der Waals surface area contributed by atoms with Crippen LogP contribution in [0.2, 0.25) is 5.02 Å². The van der Waals surface area contributed by atoms with Crippen LogP contribution in [0.5, 0.6) is 0 Å². The van der Waals surface area contributed by atoms with Crippen molar-refractivity contribution in [2.24, 2.45) is 5.10 Å². The smallest absolute Gasteiger partial charge is 0.273 e. The Morgan fingerprint density at radius 1 is 0.920 bits per heavy atom. The lowest BCUT2D eigenvalue weighted by Gasteiger charge is -2.00. The van der Waals surface area contributed by atoms with Gasteiger partial charge in [0, 0.05) is 16.1 Å². The number of carbonyl (C=O) groups excluding carboxylic acids is 1. The predicted octanol–water partition coefficient (Wildman–Crippen LogP) is 4.52. The first-order valence-corrected chi connectivity index (χ1v) is 8.10. The molecule has 0 radical (unpaired) electrons. The zero-order valence-electron chi connectivity index (χ0n) is 13.1. The quantitative estimate of drug-likeness (QED) is 0.707. The van der Waals surface area contributed by atoms with Gasteiger partial charge in [-0.3, -0.25) is 4.79 Å². The number of hydrogen-bond acceptors (Lipinski definition) is 3. The van der Waals surface area contributed by atoms with Gasteiger partial charge in [-0.2, -0.15) is 5.10 Å². The van der Waals surface area contributed by atoms with E-state index in [9.17, 15) is 4.79 Å². The van der Waals surface area contributed by atoms with Gasteiger partial charge in [0.2, 0.25) is 0 Å². The third-order valence-electron chi connectivity index (χ3n) is 3.86. The monoisotopic (exact) mass is 348 g/mol. The molecule has 0 saturated heterocycles. The summed E-state index contributed by atoms with van der Waals surface area (Å²) in [5, 5.41) is 4.80. The highest BCUT2D eigenvalue weighted by Crippen LogP contribution is 2.26. The molecule has 2 aromatic carbocycles. The molecule has 0 saturated carbocycles. The van der Waals surface area contributed by atoms with Crippen LogP contribution in [0.15, 0.2) is 81.8 Å². The molecule has 3 aromatic rings. The number of amides is 1. The molecule has 0 atom stereocenters. The van der Waals surface area contributed by atoms with Crippen molar-refractivity contribution < 1.29 is 9.21 Å². The van der Waals surface area contributed by atoms with E-state index in [-0.39, 0.29) is 5.91 Å². The van der Waals surface area contributed by atoms with Crippen LogP contribution in [0.25, 0.3) is 17.4 Å². The minimum Gasteiger partial charge on any atom is -0.457 e. The van der Waals surface area contributed by atoms with E-state index in [0.29, 0.717) is 27.8 Å². The first-order valence-electron chi connectivity index (χ1n) is 7.72. The molecule has 5 heteroatoms. The van der Waals surface area contributed by atoms with Gasteiger partial charge in [-0.15, -0.1) is 0 Å². The number of benzene rings is 2. The van der Waals surface area contributed by atoms with Crippen molar-refractivity contribution in [3.8, 4) is 11.3 Å². The molecule has 1 aliphatic heterocycles. The Labute approximate surface area is 149 Å². The van der Waals surface area contributed by atoms with E-state index >= 15 is 0 Å². The van der Waals surface area contributed by atoms with Crippen LogP contribution >= 0.6 is 11.6 Å². The molecular weight excluding hydrogens is 336 g/mol. The van der Waals surface area contributed by atoms with Crippen LogP contribution in [0, 0.1) is 0 Å². The molecule has 1 amide bonds. The third-order valence-corrected chi connectivity index (χ3v) is 4.11. The number of rotatable bonds is 3. The molecule has 0 aliphatic carbocycles. The largest absolute Gasteiger partial charge is 0.457 e. The number of nitrogens with zero attached hydrogens (tertiary/aromatic N) is 1. The average Bonchev–Trinajstić information content (AvgIpc) is 3.24. The lowest BCUT2D eigenvalue weighted by Crippen LogP contribution is -2.13. The van der Waals surface area contributed by atoms with Gasteiger partial charge >= 0.3 is 0 Å². The number of hydrazone groups is 1. The molecule has 2 heterocycles. The Kier molecular flexibility index (Phi) is 3.96. The van der Waals surface area contributed by atoms with E-state index in [1.165, 1.54) is 0 Å². The molecule has 1 N–H and O–H groups in total. The van der Waals surface area contributed by atoms with Crippen LogP contribution in [0.1, 0.15) is 11.3 Å². The molecule has 0 fully saturated rings. The maximum Gasteiger partial charge on any atom is 0.273 e. The van der Waals surface area contributed by atoms with Gasteiger partial charge in [0.05, 0.1) is 5.57 Å².